The fourth-order valence-corrected chi connectivity index (χ4v) is 4.66. The van der Waals surface area contributed by atoms with Crippen LogP contribution in [0.4, 0.5) is 13.6 Å². The van der Waals surface area contributed by atoms with Gasteiger partial charge in [-0.05, 0) is 44.4 Å². The van der Waals surface area contributed by atoms with Gasteiger partial charge in [-0.1, -0.05) is 30.3 Å². The van der Waals surface area contributed by atoms with E-state index in [0.29, 0.717) is 19.5 Å². The predicted octanol–water partition coefficient (Wildman–Crippen LogP) is 3.64. The summed E-state index contributed by atoms with van der Waals surface area (Å²) in [5, 5.41) is 5.90. The number of hydrogen-bond donors (Lipinski definition) is 2. The Hall–Kier alpha value is -3.04. The second-order valence-electron chi connectivity index (χ2n) is 10.0. The summed E-state index contributed by atoms with van der Waals surface area (Å²) >= 11 is 0. The number of nitrogens with zero attached hydrogens (tertiary/aromatic N) is 1. The minimum Gasteiger partial charge on any atom is -0.444 e. The van der Waals surface area contributed by atoms with Gasteiger partial charge in [0.25, 0.3) is 0 Å². The molecule has 2 aromatic rings. The Morgan fingerprint density at radius 1 is 1.09 bits per heavy atom. The molecular formula is C26H31F2N3O4. The Kier molecular flexibility index (Phi) is 7.10. The van der Waals surface area contributed by atoms with Crippen molar-refractivity contribution in [3.05, 3.63) is 70.8 Å². The first kappa shape index (κ1) is 25.1. The number of alkyl carbamates (subject to hydrolysis) is 1. The van der Waals surface area contributed by atoms with E-state index in [-0.39, 0.29) is 11.7 Å². The van der Waals surface area contributed by atoms with Gasteiger partial charge >= 0.3 is 6.09 Å². The molecule has 0 bridgehead atoms. The maximum absolute atomic E-state index is 14.7. The molecule has 2 N–H and O–H groups in total. The van der Waals surface area contributed by atoms with Crippen molar-refractivity contribution < 1.29 is 27.8 Å². The lowest BCUT2D eigenvalue weighted by atomic mass is 9.98. The van der Waals surface area contributed by atoms with Gasteiger partial charge in [0.2, 0.25) is 5.91 Å². The highest BCUT2D eigenvalue weighted by molar-refractivity contribution is 5.84. The van der Waals surface area contributed by atoms with Crippen molar-refractivity contribution in [3.8, 4) is 0 Å². The minimum atomic E-state index is -0.965. The molecule has 1 saturated heterocycles. The van der Waals surface area contributed by atoms with Crippen molar-refractivity contribution in [1.82, 2.24) is 15.5 Å². The molecule has 1 fully saturated rings. The zero-order chi connectivity index (χ0) is 25.3. The Labute approximate surface area is 203 Å². The molecule has 0 spiro atoms. The van der Waals surface area contributed by atoms with Crippen LogP contribution < -0.4 is 10.6 Å². The number of nitrogens with one attached hydrogen (secondary N) is 2. The maximum Gasteiger partial charge on any atom is 0.408 e. The highest BCUT2D eigenvalue weighted by Crippen LogP contribution is 2.34. The number of methoxy groups -OCH3 is 1. The van der Waals surface area contributed by atoms with Crippen molar-refractivity contribution in [1.29, 1.82) is 0 Å². The van der Waals surface area contributed by atoms with Gasteiger partial charge in [0.05, 0.1) is 18.2 Å². The molecule has 35 heavy (non-hydrogen) atoms. The second-order valence-corrected chi connectivity index (χ2v) is 10.0. The summed E-state index contributed by atoms with van der Waals surface area (Å²) < 4.78 is 39.1. The number of carbonyl (C=O) groups excluding carboxylic acids is 2. The Bertz CT molecular complexity index is 1100. The van der Waals surface area contributed by atoms with Gasteiger partial charge in [0.15, 0.2) is 0 Å². The van der Waals surface area contributed by atoms with Crippen LogP contribution in [0.25, 0.3) is 0 Å². The van der Waals surface area contributed by atoms with Crippen LogP contribution in [-0.4, -0.2) is 54.8 Å². The lowest BCUT2D eigenvalue weighted by molar-refractivity contribution is -0.134. The summed E-state index contributed by atoms with van der Waals surface area (Å²) in [5.74, 6) is -1.93. The molecule has 1 heterocycles. The monoisotopic (exact) mass is 487 g/mol. The molecule has 0 saturated carbocycles. The molecule has 0 radical (unpaired) electrons. The Morgan fingerprint density at radius 2 is 1.80 bits per heavy atom. The van der Waals surface area contributed by atoms with E-state index in [1.54, 1.807) is 32.8 Å². The molecule has 1 aliphatic heterocycles. The fraction of sp³-hybridized carbons (Fsp3) is 0.462. The van der Waals surface area contributed by atoms with E-state index in [9.17, 15) is 18.4 Å². The van der Waals surface area contributed by atoms with Gasteiger partial charge in [-0.25, -0.2) is 13.6 Å². The zero-order valence-corrected chi connectivity index (χ0v) is 20.3. The minimum absolute atomic E-state index is 0.0638. The molecule has 1 aliphatic carbocycles. The first-order valence-electron chi connectivity index (χ1n) is 11.6. The first-order chi connectivity index (χ1) is 16.6. The smallest absolute Gasteiger partial charge is 0.408 e. The number of amides is 2. The molecule has 1 unspecified atom stereocenters. The van der Waals surface area contributed by atoms with Crippen LogP contribution in [0.3, 0.4) is 0 Å². The van der Waals surface area contributed by atoms with Crippen molar-refractivity contribution in [3.63, 3.8) is 0 Å². The third kappa shape index (κ3) is 5.62. The van der Waals surface area contributed by atoms with E-state index in [1.807, 2.05) is 24.3 Å². The third-order valence-corrected chi connectivity index (χ3v) is 6.31. The number of benzene rings is 2. The van der Waals surface area contributed by atoms with Crippen LogP contribution in [0, 0.1) is 11.6 Å². The summed E-state index contributed by atoms with van der Waals surface area (Å²) in [6.45, 7) is 6.20. The number of ether oxygens (including phenoxy) is 2. The number of halogens is 2. The van der Waals surface area contributed by atoms with E-state index in [0.717, 1.165) is 23.3 Å². The summed E-state index contributed by atoms with van der Waals surface area (Å²) in [5.41, 5.74) is 1.29. The zero-order valence-electron chi connectivity index (χ0n) is 20.3. The third-order valence-electron chi connectivity index (χ3n) is 6.31. The van der Waals surface area contributed by atoms with E-state index in [2.05, 4.69) is 10.6 Å². The molecule has 188 valence electrons. The van der Waals surface area contributed by atoms with Gasteiger partial charge in [0, 0.05) is 31.8 Å². The average Bonchev–Trinajstić information content (AvgIpc) is 3.06. The number of likely N-dealkylation sites (tertiary alicyclic amines) is 1. The normalized spacial score (nSPS) is 21.1. The molecule has 9 heteroatoms. The Morgan fingerprint density at radius 3 is 2.46 bits per heavy atom. The molecule has 2 aliphatic rings. The summed E-state index contributed by atoms with van der Waals surface area (Å²) in [6.07, 6.45) is -0.168. The van der Waals surface area contributed by atoms with Crippen LogP contribution >= 0.6 is 0 Å². The lowest BCUT2D eigenvalue weighted by Crippen LogP contribution is -2.57. The predicted molar refractivity (Wildman–Crippen MR) is 126 cm³/mol. The molecule has 2 aromatic carbocycles. The van der Waals surface area contributed by atoms with E-state index < -0.39 is 47.4 Å². The van der Waals surface area contributed by atoms with E-state index in [4.69, 9.17) is 9.47 Å². The van der Waals surface area contributed by atoms with Gasteiger partial charge in [-0.3, -0.25) is 9.69 Å². The first-order valence-corrected chi connectivity index (χ1v) is 11.6. The maximum atomic E-state index is 14.7. The summed E-state index contributed by atoms with van der Waals surface area (Å²) in [6, 6.07) is 8.88. The molecule has 4 rings (SSSR count). The SMILES string of the molecule is COC1CN(C(C(=O)N[C@H]2Cc3ccccc3[C@@H]2NC(=O)OC(C)(C)C)c2ccc(F)cc2F)C1. The van der Waals surface area contributed by atoms with Crippen LogP contribution in [0.1, 0.15) is 49.5 Å². The van der Waals surface area contributed by atoms with Crippen molar-refractivity contribution in [2.75, 3.05) is 20.2 Å². The molecule has 0 aromatic heterocycles. The number of fused-ring (bicyclic) bond motifs is 1. The van der Waals surface area contributed by atoms with Crippen molar-refractivity contribution >= 4 is 12.0 Å². The van der Waals surface area contributed by atoms with Crippen molar-refractivity contribution in [2.45, 2.75) is 57.0 Å². The van der Waals surface area contributed by atoms with Gasteiger partial charge in [-0.2, -0.15) is 0 Å². The average molecular weight is 488 g/mol. The second kappa shape index (κ2) is 9.91. The summed E-state index contributed by atoms with van der Waals surface area (Å²) in [4.78, 5) is 27.9. The standard InChI is InChI=1S/C26H31F2N3O4/c1-26(2,3)35-25(33)30-22-18-8-6-5-7-15(18)11-21(22)29-24(32)23(31-13-17(14-31)34-4)19-10-9-16(27)12-20(19)28/h5-10,12,17,21-23H,11,13-14H2,1-4H3,(H,29,32)(H,30,33)/t21-,22-,23?/m0/s1. The van der Waals surface area contributed by atoms with E-state index in [1.165, 1.54) is 6.07 Å². The van der Waals surface area contributed by atoms with Crippen LogP contribution in [0.5, 0.6) is 0 Å². The van der Waals surface area contributed by atoms with E-state index >= 15 is 0 Å². The van der Waals surface area contributed by atoms with Crippen molar-refractivity contribution in [2.24, 2.45) is 0 Å². The highest BCUT2D eigenvalue weighted by Gasteiger charge is 2.41. The van der Waals surface area contributed by atoms with Crippen LogP contribution in [0.15, 0.2) is 42.5 Å². The molecule has 7 nitrogen and oxygen atoms in total. The molecule has 3 atom stereocenters. The van der Waals surface area contributed by atoms with Gasteiger partial charge < -0.3 is 20.1 Å². The van der Waals surface area contributed by atoms with Crippen LogP contribution in [-0.2, 0) is 20.7 Å². The quantitative estimate of drug-likeness (QED) is 0.651. The number of carbonyl (C=O) groups is 2. The van der Waals surface area contributed by atoms with Crippen LogP contribution in [0.2, 0.25) is 0 Å². The largest absolute Gasteiger partial charge is 0.444 e. The summed E-state index contributed by atoms with van der Waals surface area (Å²) in [7, 11) is 1.58. The Balaban J connectivity index is 1.57. The fourth-order valence-electron chi connectivity index (χ4n) is 4.66. The lowest BCUT2D eigenvalue weighted by Gasteiger charge is -2.43. The highest BCUT2D eigenvalue weighted by atomic mass is 19.1. The molecular weight excluding hydrogens is 456 g/mol. The molecule has 2 amide bonds. The van der Waals surface area contributed by atoms with Gasteiger partial charge in [0.1, 0.15) is 23.3 Å². The number of rotatable bonds is 6. The topological polar surface area (TPSA) is 79.9 Å². The van der Waals surface area contributed by atoms with Gasteiger partial charge in [-0.15, -0.1) is 0 Å². The number of hydrogen-bond acceptors (Lipinski definition) is 5.